The van der Waals surface area contributed by atoms with Crippen LogP contribution in [0.15, 0.2) is 24.3 Å². The molecule has 2 heteroatoms. The molecular formula is C16H26N2. The van der Waals surface area contributed by atoms with Gasteiger partial charge in [-0.15, -0.1) is 0 Å². The molecule has 0 radical (unpaired) electrons. The van der Waals surface area contributed by atoms with Crippen LogP contribution in [0.4, 0.5) is 0 Å². The summed E-state index contributed by atoms with van der Waals surface area (Å²) < 4.78 is 0. The standard InChI is InChI=1S/C16H26N2/c1-4-12(2)13-5-7-14(8-6-13)15(18-3)16(11-17)9-10-16/h5-8,12,15,18H,4,9-11,17H2,1-3H3. The van der Waals surface area contributed by atoms with Crippen molar-refractivity contribution >= 4 is 0 Å². The first-order valence-electron chi connectivity index (χ1n) is 7.14. The molecule has 1 aromatic rings. The Hall–Kier alpha value is -0.860. The van der Waals surface area contributed by atoms with Gasteiger partial charge in [-0.25, -0.2) is 0 Å². The van der Waals surface area contributed by atoms with Gasteiger partial charge in [0.05, 0.1) is 0 Å². The summed E-state index contributed by atoms with van der Waals surface area (Å²) >= 11 is 0. The monoisotopic (exact) mass is 246 g/mol. The Morgan fingerprint density at radius 2 is 1.78 bits per heavy atom. The van der Waals surface area contributed by atoms with Gasteiger partial charge in [0.2, 0.25) is 0 Å². The number of nitrogens with two attached hydrogens (primary N) is 1. The maximum Gasteiger partial charge on any atom is 0.0386 e. The molecule has 0 heterocycles. The number of hydrogen-bond acceptors (Lipinski definition) is 2. The van der Waals surface area contributed by atoms with E-state index in [1.807, 2.05) is 7.05 Å². The summed E-state index contributed by atoms with van der Waals surface area (Å²) in [6.45, 7) is 5.31. The molecule has 2 rings (SSSR count). The summed E-state index contributed by atoms with van der Waals surface area (Å²) in [6, 6.07) is 9.52. The van der Waals surface area contributed by atoms with Crippen molar-refractivity contribution in [2.24, 2.45) is 11.1 Å². The Kier molecular flexibility index (Phi) is 4.08. The Morgan fingerprint density at radius 3 is 2.17 bits per heavy atom. The summed E-state index contributed by atoms with van der Waals surface area (Å²) in [5.41, 5.74) is 9.07. The van der Waals surface area contributed by atoms with Gasteiger partial charge in [0.15, 0.2) is 0 Å². The maximum absolute atomic E-state index is 5.94. The molecule has 2 atom stereocenters. The molecule has 1 aliphatic carbocycles. The normalized spacial score (nSPS) is 20.4. The van der Waals surface area contributed by atoms with Crippen molar-refractivity contribution in [2.45, 2.75) is 45.1 Å². The minimum Gasteiger partial charge on any atom is -0.330 e. The molecule has 0 aromatic heterocycles. The molecule has 2 unspecified atom stereocenters. The third-order valence-corrected chi connectivity index (χ3v) is 4.65. The topological polar surface area (TPSA) is 38.0 Å². The largest absolute Gasteiger partial charge is 0.330 e. The molecule has 18 heavy (non-hydrogen) atoms. The van der Waals surface area contributed by atoms with Crippen molar-refractivity contribution in [1.29, 1.82) is 0 Å². The zero-order valence-corrected chi connectivity index (χ0v) is 11.9. The highest BCUT2D eigenvalue weighted by molar-refractivity contribution is 5.30. The number of nitrogens with one attached hydrogen (secondary N) is 1. The van der Waals surface area contributed by atoms with Crippen LogP contribution >= 0.6 is 0 Å². The van der Waals surface area contributed by atoms with Crippen LogP contribution in [0.5, 0.6) is 0 Å². The molecule has 3 N–H and O–H groups in total. The van der Waals surface area contributed by atoms with Gasteiger partial charge in [-0.1, -0.05) is 38.1 Å². The van der Waals surface area contributed by atoms with Gasteiger partial charge in [-0.2, -0.15) is 0 Å². The van der Waals surface area contributed by atoms with Gasteiger partial charge in [-0.3, -0.25) is 0 Å². The molecule has 2 nitrogen and oxygen atoms in total. The number of benzene rings is 1. The fourth-order valence-corrected chi connectivity index (χ4v) is 2.85. The minimum absolute atomic E-state index is 0.312. The summed E-state index contributed by atoms with van der Waals surface area (Å²) in [7, 11) is 2.04. The molecule has 0 bridgehead atoms. The molecular weight excluding hydrogens is 220 g/mol. The predicted octanol–water partition coefficient (Wildman–Crippen LogP) is 3.20. The van der Waals surface area contributed by atoms with Crippen LogP contribution in [-0.4, -0.2) is 13.6 Å². The van der Waals surface area contributed by atoms with Gasteiger partial charge in [0.1, 0.15) is 0 Å². The molecule has 0 aliphatic heterocycles. The molecule has 1 saturated carbocycles. The third kappa shape index (κ3) is 2.45. The van der Waals surface area contributed by atoms with E-state index in [1.165, 1.54) is 30.4 Å². The van der Waals surface area contributed by atoms with E-state index in [0.717, 1.165) is 6.54 Å². The number of rotatable bonds is 6. The zero-order valence-electron chi connectivity index (χ0n) is 11.9. The zero-order chi connectivity index (χ0) is 13.2. The number of hydrogen-bond donors (Lipinski definition) is 2. The van der Waals surface area contributed by atoms with Crippen molar-refractivity contribution in [3.63, 3.8) is 0 Å². The summed E-state index contributed by atoms with van der Waals surface area (Å²) in [5.74, 6) is 0.650. The van der Waals surface area contributed by atoms with Gasteiger partial charge in [0.25, 0.3) is 0 Å². The summed E-state index contributed by atoms with van der Waals surface area (Å²) in [6.07, 6.45) is 3.70. The van der Waals surface area contributed by atoms with Crippen molar-refractivity contribution in [1.82, 2.24) is 5.32 Å². The van der Waals surface area contributed by atoms with E-state index in [4.69, 9.17) is 5.73 Å². The first kappa shape index (κ1) is 13.6. The van der Waals surface area contributed by atoms with Crippen LogP contribution < -0.4 is 11.1 Å². The van der Waals surface area contributed by atoms with Gasteiger partial charge in [-0.05, 0) is 49.9 Å². The van der Waals surface area contributed by atoms with E-state index >= 15 is 0 Å². The second kappa shape index (κ2) is 5.41. The Balaban J connectivity index is 2.17. The lowest BCUT2D eigenvalue weighted by Gasteiger charge is -2.26. The second-order valence-corrected chi connectivity index (χ2v) is 5.76. The lowest BCUT2D eigenvalue weighted by molar-refractivity contribution is 0.366. The van der Waals surface area contributed by atoms with Crippen LogP contribution in [0.3, 0.4) is 0 Å². The first-order valence-corrected chi connectivity index (χ1v) is 7.14. The molecule has 0 amide bonds. The van der Waals surface area contributed by atoms with Crippen LogP contribution in [-0.2, 0) is 0 Å². The SMILES string of the molecule is CCC(C)c1ccc(C(NC)C2(CN)CC2)cc1. The van der Waals surface area contributed by atoms with E-state index in [1.54, 1.807) is 0 Å². The van der Waals surface area contributed by atoms with Crippen LogP contribution in [0.2, 0.25) is 0 Å². The Bertz CT molecular complexity index is 379. The highest BCUT2D eigenvalue weighted by atomic mass is 14.9. The van der Waals surface area contributed by atoms with Gasteiger partial charge < -0.3 is 11.1 Å². The van der Waals surface area contributed by atoms with Crippen molar-refractivity contribution in [3.8, 4) is 0 Å². The maximum atomic E-state index is 5.94. The van der Waals surface area contributed by atoms with Gasteiger partial charge >= 0.3 is 0 Å². The molecule has 0 saturated heterocycles. The lowest BCUT2D eigenvalue weighted by atomic mass is 9.88. The van der Waals surface area contributed by atoms with E-state index in [0.29, 0.717) is 17.4 Å². The lowest BCUT2D eigenvalue weighted by Crippen LogP contribution is -2.32. The molecule has 1 aromatic carbocycles. The second-order valence-electron chi connectivity index (χ2n) is 5.76. The van der Waals surface area contributed by atoms with Crippen molar-refractivity contribution in [2.75, 3.05) is 13.6 Å². The smallest absolute Gasteiger partial charge is 0.0386 e. The Morgan fingerprint density at radius 1 is 1.22 bits per heavy atom. The molecule has 1 fully saturated rings. The van der Waals surface area contributed by atoms with E-state index < -0.39 is 0 Å². The van der Waals surface area contributed by atoms with Crippen molar-refractivity contribution in [3.05, 3.63) is 35.4 Å². The summed E-state index contributed by atoms with van der Waals surface area (Å²) in [5, 5.41) is 3.45. The van der Waals surface area contributed by atoms with Crippen LogP contribution in [0.1, 0.15) is 56.2 Å². The molecule has 0 spiro atoms. The molecule has 100 valence electrons. The van der Waals surface area contributed by atoms with Crippen LogP contribution in [0.25, 0.3) is 0 Å². The quantitative estimate of drug-likeness (QED) is 0.809. The predicted molar refractivity (Wildman–Crippen MR) is 77.7 cm³/mol. The van der Waals surface area contributed by atoms with Crippen LogP contribution in [0, 0.1) is 5.41 Å². The molecule has 1 aliphatic rings. The van der Waals surface area contributed by atoms with E-state index in [2.05, 4.69) is 43.4 Å². The minimum atomic E-state index is 0.312. The fraction of sp³-hybridized carbons (Fsp3) is 0.625. The Labute approximate surface area is 111 Å². The van der Waals surface area contributed by atoms with E-state index in [-0.39, 0.29) is 0 Å². The highest BCUT2D eigenvalue weighted by Gasteiger charge is 2.48. The third-order valence-electron chi connectivity index (χ3n) is 4.65. The average Bonchev–Trinajstić information content (AvgIpc) is 3.20. The highest BCUT2D eigenvalue weighted by Crippen LogP contribution is 2.53. The van der Waals surface area contributed by atoms with E-state index in [9.17, 15) is 0 Å². The van der Waals surface area contributed by atoms with Crippen molar-refractivity contribution < 1.29 is 0 Å². The summed E-state index contributed by atoms with van der Waals surface area (Å²) in [4.78, 5) is 0. The van der Waals surface area contributed by atoms with Gasteiger partial charge in [0, 0.05) is 11.5 Å². The fourth-order valence-electron chi connectivity index (χ4n) is 2.85. The first-order chi connectivity index (χ1) is 8.66. The average molecular weight is 246 g/mol.